The van der Waals surface area contributed by atoms with Crippen molar-refractivity contribution in [2.75, 3.05) is 12.3 Å². The van der Waals surface area contributed by atoms with Gasteiger partial charge in [0.25, 0.3) is 0 Å². The second-order valence-electron chi connectivity index (χ2n) is 6.31. The molecule has 22 heavy (non-hydrogen) atoms. The predicted molar refractivity (Wildman–Crippen MR) is 109 cm³/mol. The summed E-state index contributed by atoms with van der Waals surface area (Å²) in [6.07, 6.45) is 19.2. The Kier molecular flexibility index (Phi) is 19.5. The Balaban J connectivity index is 3.13. The van der Waals surface area contributed by atoms with Crippen molar-refractivity contribution < 1.29 is 0 Å². The molecular weight excluding hydrogens is 306 g/mol. The molecule has 3 heteroatoms. The van der Waals surface area contributed by atoms with Crippen LogP contribution in [0.1, 0.15) is 104 Å². The van der Waals surface area contributed by atoms with E-state index < -0.39 is 0 Å². The van der Waals surface area contributed by atoms with Gasteiger partial charge in [0.1, 0.15) is 4.32 Å². The largest absolute Gasteiger partial charge is 0.371 e. The molecule has 0 radical (unpaired) electrons. The van der Waals surface area contributed by atoms with Crippen LogP contribution in [0.4, 0.5) is 0 Å². The zero-order valence-corrected chi connectivity index (χ0v) is 16.8. The lowest BCUT2D eigenvalue weighted by atomic mass is 10.1. The summed E-state index contributed by atoms with van der Waals surface area (Å²) in [6.45, 7) is 5.61. The minimum Gasteiger partial charge on any atom is -0.371 e. The lowest BCUT2D eigenvalue weighted by molar-refractivity contribution is 0.586. The van der Waals surface area contributed by atoms with Gasteiger partial charge in [-0.15, -0.1) is 0 Å². The molecule has 1 nitrogen and oxygen atoms in total. The number of unbranched alkanes of at least 4 members (excludes halogenated alkanes) is 12. The molecule has 0 aromatic heterocycles. The molecule has 0 aromatic rings. The van der Waals surface area contributed by atoms with E-state index in [4.69, 9.17) is 12.2 Å². The molecule has 0 heterocycles. The van der Waals surface area contributed by atoms with E-state index in [-0.39, 0.29) is 0 Å². The molecule has 132 valence electrons. The lowest BCUT2D eigenvalue weighted by Crippen LogP contribution is -2.19. The number of nitrogens with one attached hydrogen (secondary N) is 1. The molecule has 0 unspecified atom stereocenters. The molecule has 0 fully saturated rings. The lowest BCUT2D eigenvalue weighted by Gasteiger charge is -2.07. The highest BCUT2D eigenvalue weighted by Crippen LogP contribution is 2.11. The van der Waals surface area contributed by atoms with Crippen molar-refractivity contribution in [2.45, 2.75) is 104 Å². The SMILES string of the molecule is CCCCCCCCCNC(=S)SCCCCCCCCC. The molecule has 0 aliphatic rings. The average Bonchev–Trinajstić information content (AvgIpc) is 2.52. The van der Waals surface area contributed by atoms with E-state index in [1.165, 1.54) is 95.6 Å². The maximum Gasteiger partial charge on any atom is 0.133 e. The molecule has 0 saturated heterocycles. The van der Waals surface area contributed by atoms with Crippen LogP contribution in [0.25, 0.3) is 0 Å². The van der Waals surface area contributed by atoms with Crippen molar-refractivity contribution >= 4 is 28.3 Å². The summed E-state index contributed by atoms with van der Waals surface area (Å²) in [6, 6.07) is 0. The van der Waals surface area contributed by atoms with E-state index in [0.29, 0.717) is 0 Å². The van der Waals surface area contributed by atoms with Crippen molar-refractivity contribution in [1.29, 1.82) is 0 Å². The summed E-state index contributed by atoms with van der Waals surface area (Å²) in [7, 11) is 0. The molecular formula is C19H39NS2. The van der Waals surface area contributed by atoms with E-state index in [0.717, 1.165) is 10.9 Å². The fourth-order valence-corrected chi connectivity index (χ4v) is 3.64. The summed E-state index contributed by atoms with van der Waals surface area (Å²) in [4.78, 5) is 0. The van der Waals surface area contributed by atoms with Crippen molar-refractivity contribution in [2.24, 2.45) is 0 Å². The third kappa shape index (κ3) is 18.3. The van der Waals surface area contributed by atoms with Crippen LogP contribution in [0.3, 0.4) is 0 Å². The van der Waals surface area contributed by atoms with E-state index in [2.05, 4.69) is 19.2 Å². The first kappa shape index (κ1) is 22.2. The van der Waals surface area contributed by atoms with Gasteiger partial charge in [-0.1, -0.05) is 115 Å². The normalized spacial score (nSPS) is 10.8. The molecule has 0 aliphatic heterocycles. The summed E-state index contributed by atoms with van der Waals surface area (Å²) in [5.41, 5.74) is 0. The number of hydrogen-bond donors (Lipinski definition) is 1. The van der Waals surface area contributed by atoms with Crippen LogP contribution >= 0.6 is 24.0 Å². The second-order valence-corrected chi connectivity index (χ2v) is 8.08. The van der Waals surface area contributed by atoms with Gasteiger partial charge in [-0.3, -0.25) is 0 Å². The van der Waals surface area contributed by atoms with Gasteiger partial charge in [0.2, 0.25) is 0 Å². The monoisotopic (exact) mass is 345 g/mol. The van der Waals surface area contributed by atoms with Gasteiger partial charge in [-0.25, -0.2) is 0 Å². The van der Waals surface area contributed by atoms with Gasteiger partial charge in [0.05, 0.1) is 0 Å². The first-order valence-electron chi connectivity index (χ1n) is 9.71. The summed E-state index contributed by atoms with van der Waals surface area (Å²) in [5, 5.41) is 3.40. The minimum absolute atomic E-state index is 1.01. The molecule has 0 aromatic carbocycles. The minimum atomic E-state index is 1.01. The van der Waals surface area contributed by atoms with Crippen LogP contribution in [0.15, 0.2) is 0 Å². The number of hydrogen-bond acceptors (Lipinski definition) is 2. The average molecular weight is 346 g/mol. The van der Waals surface area contributed by atoms with Gasteiger partial charge in [-0.2, -0.15) is 0 Å². The van der Waals surface area contributed by atoms with Crippen LogP contribution in [0.2, 0.25) is 0 Å². The van der Waals surface area contributed by atoms with Gasteiger partial charge in [0.15, 0.2) is 0 Å². The molecule has 0 atom stereocenters. The van der Waals surface area contributed by atoms with Crippen molar-refractivity contribution in [3.05, 3.63) is 0 Å². The summed E-state index contributed by atoms with van der Waals surface area (Å²) in [5.74, 6) is 1.19. The second kappa shape index (κ2) is 19.3. The quantitative estimate of drug-likeness (QED) is 0.237. The highest BCUT2D eigenvalue weighted by molar-refractivity contribution is 8.22. The zero-order valence-electron chi connectivity index (χ0n) is 15.1. The fourth-order valence-electron chi connectivity index (χ4n) is 2.55. The van der Waals surface area contributed by atoms with Crippen LogP contribution in [-0.2, 0) is 0 Å². The van der Waals surface area contributed by atoms with Crippen molar-refractivity contribution in [3.63, 3.8) is 0 Å². The molecule has 0 rings (SSSR count). The Morgan fingerprint density at radius 3 is 1.68 bits per heavy atom. The van der Waals surface area contributed by atoms with Crippen LogP contribution in [0.5, 0.6) is 0 Å². The topological polar surface area (TPSA) is 12.0 Å². The van der Waals surface area contributed by atoms with Gasteiger partial charge < -0.3 is 5.32 Å². The maximum absolute atomic E-state index is 5.38. The van der Waals surface area contributed by atoms with Gasteiger partial charge >= 0.3 is 0 Å². The first-order chi connectivity index (χ1) is 10.8. The predicted octanol–water partition coefficient (Wildman–Crippen LogP) is 7.10. The molecule has 0 spiro atoms. The fraction of sp³-hybridized carbons (Fsp3) is 0.947. The highest BCUT2D eigenvalue weighted by atomic mass is 32.2. The Bertz CT molecular complexity index is 209. The number of thioether (sulfide) groups is 1. The maximum atomic E-state index is 5.38. The van der Waals surface area contributed by atoms with E-state index in [1.807, 2.05) is 11.8 Å². The van der Waals surface area contributed by atoms with Crippen LogP contribution in [-0.4, -0.2) is 16.6 Å². The van der Waals surface area contributed by atoms with Crippen molar-refractivity contribution in [3.8, 4) is 0 Å². The number of rotatable bonds is 16. The standard InChI is InChI=1S/C19H39NS2/c1-3-5-7-9-11-13-15-17-20-19(21)22-18-16-14-12-10-8-6-4-2/h3-18H2,1-2H3,(H,20,21). The third-order valence-electron chi connectivity index (χ3n) is 4.03. The Hall–Kier alpha value is 0.240. The molecule has 0 amide bonds. The number of thiocarbonyl (C=S) groups is 1. The van der Waals surface area contributed by atoms with Gasteiger partial charge in [-0.05, 0) is 12.8 Å². The van der Waals surface area contributed by atoms with E-state index in [9.17, 15) is 0 Å². The highest BCUT2D eigenvalue weighted by Gasteiger charge is 1.98. The molecule has 0 saturated carbocycles. The Morgan fingerprint density at radius 1 is 0.682 bits per heavy atom. The summed E-state index contributed by atoms with van der Waals surface area (Å²) < 4.78 is 1.01. The molecule has 0 bridgehead atoms. The van der Waals surface area contributed by atoms with Crippen molar-refractivity contribution in [1.82, 2.24) is 5.32 Å². The van der Waals surface area contributed by atoms with E-state index >= 15 is 0 Å². The summed E-state index contributed by atoms with van der Waals surface area (Å²) >= 11 is 7.22. The first-order valence-corrected chi connectivity index (χ1v) is 11.1. The molecule has 1 N–H and O–H groups in total. The van der Waals surface area contributed by atoms with E-state index in [1.54, 1.807) is 0 Å². The van der Waals surface area contributed by atoms with Gasteiger partial charge in [0, 0.05) is 12.3 Å². The molecule has 0 aliphatic carbocycles. The Labute approximate surface area is 149 Å². The Morgan fingerprint density at radius 2 is 1.14 bits per heavy atom. The smallest absolute Gasteiger partial charge is 0.133 e. The third-order valence-corrected chi connectivity index (χ3v) is 5.43. The van der Waals surface area contributed by atoms with Crippen LogP contribution in [0, 0.1) is 0 Å². The van der Waals surface area contributed by atoms with Crippen LogP contribution < -0.4 is 5.32 Å². The zero-order chi connectivity index (χ0) is 16.3.